The van der Waals surface area contributed by atoms with Crippen LogP contribution >= 0.6 is 0 Å². The van der Waals surface area contributed by atoms with Crippen LogP contribution in [-0.4, -0.2) is 93.4 Å². The maximum Gasteiger partial charge on any atom is 0.326 e. The summed E-state index contributed by atoms with van der Waals surface area (Å²) in [6.45, 7) is 2.92. The molecule has 240 valence electrons. The number of carbonyl (C=O) groups is 4. The first-order chi connectivity index (χ1) is 21.3. The Kier molecular flexibility index (Phi) is 12.0. The van der Waals surface area contributed by atoms with Crippen molar-refractivity contribution < 1.29 is 37.4 Å². The number of nitrogens with two attached hydrogens (primary N) is 1. The number of aliphatic carboxylic acids is 1. The van der Waals surface area contributed by atoms with Gasteiger partial charge in [-0.15, -0.1) is 0 Å². The van der Waals surface area contributed by atoms with E-state index in [0.29, 0.717) is 17.5 Å². The number of rotatable bonds is 11. The van der Waals surface area contributed by atoms with Crippen LogP contribution in [0.3, 0.4) is 0 Å². The van der Waals surface area contributed by atoms with Crippen LogP contribution in [0.4, 0.5) is 5.69 Å². The zero-order valence-corrected chi connectivity index (χ0v) is 25.7. The van der Waals surface area contributed by atoms with E-state index in [4.69, 9.17) is 25.8 Å². The Labute approximate surface area is 260 Å². The van der Waals surface area contributed by atoms with Crippen molar-refractivity contribution in [2.45, 2.75) is 24.8 Å². The fraction of sp³-hybridized carbons (Fsp3) is 0.300. The normalized spacial score (nSPS) is 13.8. The third-order valence-electron chi connectivity index (χ3n) is 6.60. The lowest BCUT2D eigenvalue weighted by molar-refractivity contribution is -0.145. The molecule has 0 radical (unpaired) electrons. The molecule has 14 nitrogen and oxygen atoms in total. The molecule has 0 saturated carbocycles. The predicted octanol–water partition coefficient (Wildman–Crippen LogP) is 0.890. The Hall–Kier alpha value is -5.02. The molecule has 1 atom stereocenters. The van der Waals surface area contributed by atoms with E-state index in [1.54, 1.807) is 49.4 Å². The molecule has 1 fully saturated rings. The van der Waals surface area contributed by atoms with Gasteiger partial charge < -0.3 is 30.7 Å². The maximum atomic E-state index is 13.1. The molecule has 45 heavy (non-hydrogen) atoms. The molecule has 0 spiro atoms. The van der Waals surface area contributed by atoms with E-state index in [-0.39, 0.29) is 49.4 Å². The monoisotopic (exact) mass is 640 g/mol. The largest absolute Gasteiger partial charge is 0.481 e. The highest BCUT2D eigenvalue weighted by molar-refractivity contribution is 7.89. The lowest BCUT2D eigenvalue weighted by Gasteiger charge is -2.35. The van der Waals surface area contributed by atoms with Crippen molar-refractivity contribution in [2.75, 3.05) is 44.2 Å². The van der Waals surface area contributed by atoms with Crippen LogP contribution in [0.1, 0.15) is 19.4 Å². The number of hydrogen-bond acceptors (Lipinski definition) is 9. The summed E-state index contributed by atoms with van der Waals surface area (Å²) in [5.41, 5.74) is 6.86. The Morgan fingerprint density at radius 1 is 1.04 bits per heavy atom. The number of nitrogens with one attached hydrogen (secondary N) is 3. The zero-order chi connectivity index (χ0) is 33.1. The Morgan fingerprint density at radius 2 is 1.69 bits per heavy atom. The van der Waals surface area contributed by atoms with E-state index in [1.165, 1.54) is 17.0 Å². The van der Waals surface area contributed by atoms with Crippen molar-refractivity contribution in [1.29, 1.82) is 5.41 Å². The molecule has 1 aliphatic rings. The van der Waals surface area contributed by atoms with E-state index in [0.717, 1.165) is 18.0 Å². The average molecular weight is 641 g/mol. The molecule has 0 aliphatic carbocycles. The van der Waals surface area contributed by atoms with Crippen molar-refractivity contribution in [3.8, 4) is 0 Å². The van der Waals surface area contributed by atoms with Crippen molar-refractivity contribution in [3.05, 3.63) is 72.3 Å². The number of carbonyl (C=O) groups excluding carboxylic acids is 3. The number of ether oxygens (including phenoxy) is 1. The molecule has 1 saturated heterocycles. The molecule has 0 bridgehead atoms. The number of fused-ring (bicyclic) bond motifs is 1. The molecule has 0 aromatic heterocycles. The van der Waals surface area contributed by atoms with Gasteiger partial charge in [-0.1, -0.05) is 30.3 Å². The summed E-state index contributed by atoms with van der Waals surface area (Å²) < 4.78 is 33.5. The number of anilines is 1. The van der Waals surface area contributed by atoms with E-state index in [2.05, 4.69) is 10.0 Å². The van der Waals surface area contributed by atoms with Gasteiger partial charge in [0.25, 0.3) is 5.97 Å². The number of nitrogen functional groups attached to an aromatic ring is 1. The number of nitrogens with zero attached hydrogens (tertiary/aromatic N) is 2. The number of amidine groups is 1. The third-order valence-corrected chi connectivity index (χ3v) is 8.07. The van der Waals surface area contributed by atoms with Gasteiger partial charge in [0.05, 0.1) is 24.6 Å². The third kappa shape index (κ3) is 10.0. The summed E-state index contributed by atoms with van der Waals surface area (Å²) in [5.74, 6) is -2.52. The number of carboxylic acid groups (broad SMARTS) is 1. The van der Waals surface area contributed by atoms with Crippen LogP contribution in [0.15, 0.2) is 71.6 Å². The fourth-order valence-corrected chi connectivity index (χ4v) is 5.62. The van der Waals surface area contributed by atoms with Crippen LogP contribution in [0, 0.1) is 5.41 Å². The van der Waals surface area contributed by atoms with Gasteiger partial charge in [-0.05, 0) is 54.1 Å². The second kappa shape index (κ2) is 15.6. The number of carboxylic acids is 1. The van der Waals surface area contributed by atoms with Gasteiger partial charge in [-0.3, -0.25) is 24.6 Å². The highest BCUT2D eigenvalue weighted by Crippen LogP contribution is 2.20. The molecule has 2 amide bonds. The van der Waals surface area contributed by atoms with Gasteiger partial charge >= 0.3 is 5.97 Å². The number of esters is 1. The molecule has 15 heteroatoms. The van der Waals surface area contributed by atoms with Crippen molar-refractivity contribution in [2.24, 2.45) is 5.73 Å². The molecule has 3 aromatic carbocycles. The molecule has 1 heterocycles. The quantitative estimate of drug-likeness (QED) is 0.113. The zero-order valence-electron chi connectivity index (χ0n) is 24.9. The summed E-state index contributed by atoms with van der Waals surface area (Å²) in [7, 11) is -4.13. The van der Waals surface area contributed by atoms with E-state index in [1.807, 2.05) is 17.0 Å². The molecule has 3 aromatic rings. The maximum absolute atomic E-state index is 13.1. The average Bonchev–Trinajstić information content (AvgIpc) is 2.99. The standard InChI is InChI=1S/C28H32N6O6S.C2H4O2/c1-2-40-28(37)24(32-41(38,39)23-12-9-19-5-3-4-6-21(19)15-23)16-31-25(35)17-34-14-13-33(18-26(34)36)22-10-7-20(8-11-22)27(29)30;1-2(3)4/h3-12,15,24,32H,2,13-14,16-18H2,1H3,(H3,29,30)(H,31,35);1H3,(H,3,4)/t24-;/m0./s1. The SMILES string of the molecule is CC(=O)O.CCOC(=O)[C@H](CNC(=O)CN1CCN(c2ccc(C(=N)N)cc2)CC1=O)NS(=O)(=O)c1ccc2ccccc2c1. The van der Waals surface area contributed by atoms with Crippen molar-refractivity contribution in [1.82, 2.24) is 14.9 Å². The lowest BCUT2D eigenvalue weighted by Crippen LogP contribution is -2.54. The number of sulfonamides is 1. The second-order valence-electron chi connectivity index (χ2n) is 9.96. The summed E-state index contributed by atoms with van der Waals surface area (Å²) in [4.78, 5) is 50.2. The van der Waals surface area contributed by atoms with Crippen LogP contribution in [0.5, 0.6) is 0 Å². The van der Waals surface area contributed by atoms with Crippen LogP contribution in [0.25, 0.3) is 10.8 Å². The minimum atomic E-state index is -4.13. The van der Waals surface area contributed by atoms with Crippen LogP contribution in [0.2, 0.25) is 0 Å². The fourth-order valence-electron chi connectivity index (χ4n) is 4.40. The van der Waals surface area contributed by atoms with Gasteiger partial charge in [0.1, 0.15) is 11.9 Å². The van der Waals surface area contributed by atoms with Crippen molar-refractivity contribution >= 4 is 56.1 Å². The van der Waals surface area contributed by atoms with Gasteiger partial charge in [-0.25, -0.2) is 8.42 Å². The summed E-state index contributed by atoms with van der Waals surface area (Å²) in [5, 5.41) is 19.0. The minimum absolute atomic E-state index is 0.0250. The summed E-state index contributed by atoms with van der Waals surface area (Å²) >= 11 is 0. The van der Waals surface area contributed by atoms with Crippen LogP contribution < -0.4 is 20.7 Å². The molecule has 6 N–H and O–H groups in total. The molecule has 4 rings (SSSR count). The highest BCUT2D eigenvalue weighted by atomic mass is 32.2. The van der Waals surface area contributed by atoms with Crippen LogP contribution in [-0.2, 0) is 33.9 Å². The second-order valence-corrected chi connectivity index (χ2v) is 11.7. The topological polar surface area (TPSA) is 212 Å². The van der Waals surface area contributed by atoms with Gasteiger partial charge in [0.2, 0.25) is 21.8 Å². The summed E-state index contributed by atoms with van der Waals surface area (Å²) in [6.07, 6.45) is 0. The van der Waals surface area contributed by atoms with Crippen molar-refractivity contribution in [3.63, 3.8) is 0 Å². The minimum Gasteiger partial charge on any atom is -0.481 e. The van der Waals surface area contributed by atoms with E-state index in [9.17, 15) is 22.8 Å². The Bertz CT molecular complexity index is 1660. The van der Waals surface area contributed by atoms with E-state index < -0.39 is 33.9 Å². The number of piperazine rings is 1. The predicted molar refractivity (Wildman–Crippen MR) is 167 cm³/mol. The number of benzene rings is 3. The van der Waals surface area contributed by atoms with Gasteiger partial charge in [-0.2, -0.15) is 4.72 Å². The first-order valence-electron chi connectivity index (χ1n) is 13.9. The molecular formula is C30H36N6O8S. The lowest BCUT2D eigenvalue weighted by atomic mass is 10.1. The van der Waals surface area contributed by atoms with E-state index >= 15 is 0 Å². The summed E-state index contributed by atoms with van der Waals surface area (Å²) in [6, 6.07) is 17.5. The number of amides is 2. The first kappa shape index (κ1) is 34.5. The smallest absolute Gasteiger partial charge is 0.326 e. The van der Waals surface area contributed by atoms with Gasteiger partial charge in [0, 0.05) is 37.8 Å². The molecular weight excluding hydrogens is 604 g/mol. The number of hydrogen-bond donors (Lipinski definition) is 5. The molecule has 1 aliphatic heterocycles. The molecule has 0 unspecified atom stereocenters. The highest BCUT2D eigenvalue weighted by Gasteiger charge is 2.29. The van der Waals surface area contributed by atoms with Gasteiger partial charge in [0.15, 0.2) is 0 Å². The Balaban J connectivity index is 0.00000130. The Morgan fingerprint density at radius 3 is 2.29 bits per heavy atom. The first-order valence-corrected chi connectivity index (χ1v) is 15.4.